The molecule has 0 aliphatic carbocycles. The molecular formula is C13H16Cl3N3OS2. The summed E-state index contributed by atoms with van der Waals surface area (Å²) in [4.78, 5) is 19.6. The van der Waals surface area contributed by atoms with Crippen LogP contribution in [-0.2, 0) is 0 Å². The number of hydrogen-bond acceptors (Lipinski definition) is 5. The van der Waals surface area contributed by atoms with Gasteiger partial charge in [-0.2, -0.15) is 0 Å². The fourth-order valence-electron chi connectivity index (χ4n) is 2.29. The quantitative estimate of drug-likeness (QED) is 0.852. The maximum absolute atomic E-state index is 12.4. The highest BCUT2D eigenvalue weighted by Gasteiger charge is 2.27. The van der Waals surface area contributed by atoms with Crippen molar-refractivity contribution in [1.82, 2.24) is 9.88 Å². The minimum absolute atomic E-state index is 0. The van der Waals surface area contributed by atoms with Crippen molar-refractivity contribution in [2.45, 2.75) is 6.42 Å². The Bertz CT molecular complexity index is 632. The lowest BCUT2D eigenvalue weighted by molar-refractivity contribution is 0.0783. The first-order valence-corrected chi connectivity index (χ1v) is 8.45. The minimum atomic E-state index is 0. The SMILES string of the molecule is Cl.Cl.NCC1CCN(C(=O)c2csc(-c3ccc(Cl)s3)n2)C1. The molecule has 0 bridgehead atoms. The predicted molar refractivity (Wildman–Crippen MR) is 98.0 cm³/mol. The van der Waals surface area contributed by atoms with E-state index in [2.05, 4.69) is 4.98 Å². The Morgan fingerprint density at radius 2 is 2.23 bits per heavy atom. The first-order chi connectivity index (χ1) is 9.67. The van der Waals surface area contributed by atoms with Gasteiger partial charge in [-0.3, -0.25) is 4.79 Å². The van der Waals surface area contributed by atoms with Crippen molar-refractivity contribution in [2.75, 3.05) is 19.6 Å². The summed E-state index contributed by atoms with van der Waals surface area (Å²) in [5.74, 6) is 0.430. The van der Waals surface area contributed by atoms with E-state index in [0.717, 1.165) is 33.7 Å². The third-order valence-corrected chi connectivity index (χ3v) is 5.66. The van der Waals surface area contributed by atoms with Crippen molar-refractivity contribution in [3.63, 3.8) is 0 Å². The van der Waals surface area contributed by atoms with Gasteiger partial charge in [-0.05, 0) is 31.0 Å². The molecule has 1 atom stereocenters. The zero-order valence-electron chi connectivity index (χ0n) is 11.5. The molecule has 1 saturated heterocycles. The summed E-state index contributed by atoms with van der Waals surface area (Å²) in [5.41, 5.74) is 6.18. The number of thiophene rings is 1. The van der Waals surface area contributed by atoms with Crippen molar-refractivity contribution in [1.29, 1.82) is 0 Å². The number of nitrogens with zero attached hydrogens (tertiary/aromatic N) is 2. The van der Waals surface area contributed by atoms with Gasteiger partial charge in [0.2, 0.25) is 0 Å². The van der Waals surface area contributed by atoms with Crippen molar-refractivity contribution in [3.8, 4) is 9.88 Å². The zero-order chi connectivity index (χ0) is 14.1. The maximum Gasteiger partial charge on any atom is 0.273 e. The predicted octanol–water partition coefficient (Wildman–Crippen LogP) is 3.79. The highest BCUT2D eigenvalue weighted by atomic mass is 35.5. The topological polar surface area (TPSA) is 59.2 Å². The van der Waals surface area contributed by atoms with E-state index < -0.39 is 0 Å². The van der Waals surface area contributed by atoms with E-state index in [4.69, 9.17) is 17.3 Å². The highest BCUT2D eigenvalue weighted by molar-refractivity contribution is 7.23. The molecule has 9 heteroatoms. The molecule has 22 heavy (non-hydrogen) atoms. The van der Waals surface area contributed by atoms with Crippen LogP contribution in [0, 0.1) is 5.92 Å². The van der Waals surface area contributed by atoms with E-state index in [1.165, 1.54) is 22.7 Å². The van der Waals surface area contributed by atoms with Crippen molar-refractivity contribution in [2.24, 2.45) is 11.7 Å². The molecule has 1 unspecified atom stereocenters. The van der Waals surface area contributed by atoms with Crippen LogP contribution in [0.3, 0.4) is 0 Å². The lowest BCUT2D eigenvalue weighted by atomic mass is 10.1. The molecule has 1 fully saturated rings. The molecule has 2 N–H and O–H groups in total. The van der Waals surface area contributed by atoms with E-state index in [1.807, 2.05) is 22.4 Å². The van der Waals surface area contributed by atoms with Crippen LogP contribution in [0.15, 0.2) is 17.5 Å². The number of amides is 1. The van der Waals surface area contributed by atoms with Crippen LogP contribution in [0.25, 0.3) is 9.88 Å². The molecule has 3 heterocycles. The Morgan fingerprint density at radius 3 is 2.82 bits per heavy atom. The highest BCUT2D eigenvalue weighted by Crippen LogP contribution is 2.33. The smallest absolute Gasteiger partial charge is 0.273 e. The van der Waals surface area contributed by atoms with Gasteiger partial charge in [0.05, 0.1) is 9.21 Å². The second-order valence-electron chi connectivity index (χ2n) is 4.78. The Hall–Kier alpha value is -0.370. The Morgan fingerprint density at radius 1 is 1.45 bits per heavy atom. The largest absolute Gasteiger partial charge is 0.337 e. The summed E-state index contributed by atoms with van der Waals surface area (Å²) in [6, 6.07) is 3.77. The van der Waals surface area contributed by atoms with Crippen LogP contribution in [0.2, 0.25) is 4.34 Å². The van der Waals surface area contributed by atoms with Crippen LogP contribution in [-0.4, -0.2) is 35.4 Å². The second kappa shape index (κ2) is 8.47. The number of aromatic nitrogens is 1. The van der Waals surface area contributed by atoms with Crippen LogP contribution >= 0.6 is 59.1 Å². The van der Waals surface area contributed by atoms with Gasteiger partial charge >= 0.3 is 0 Å². The fraction of sp³-hybridized carbons (Fsp3) is 0.385. The molecule has 1 amide bonds. The van der Waals surface area contributed by atoms with Crippen molar-refractivity contribution < 1.29 is 4.79 Å². The average molecular weight is 401 g/mol. The summed E-state index contributed by atoms with van der Waals surface area (Å²) in [5, 5.41) is 2.67. The van der Waals surface area contributed by atoms with Gasteiger partial charge in [-0.1, -0.05) is 11.6 Å². The first-order valence-electron chi connectivity index (χ1n) is 6.38. The number of carbonyl (C=O) groups excluding carboxylic acids is 1. The van der Waals surface area contributed by atoms with E-state index in [0.29, 0.717) is 18.2 Å². The molecule has 2 aromatic heterocycles. The summed E-state index contributed by atoms with van der Waals surface area (Å²) in [6.07, 6.45) is 0.986. The molecule has 122 valence electrons. The molecule has 3 rings (SSSR count). The van der Waals surface area contributed by atoms with E-state index >= 15 is 0 Å². The van der Waals surface area contributed by atoms with Crippen molar-refractivity contribution >= 4 is 65.0 Å². The van der Waals surface area contributed by atoms with Crippen LogP contribution in [0.5, 0.6) is 0 Å². The lowest BCUT2D eigenvalue weighted by Crippen LogP contribution is -2.30. The van der Waals surface area contributed by atoms with Gasteiger partial charge in [0.15, 0.2) is 0 Å². The molecular weight excluding hydrogens is 385 g/mol. The van der Waals surface area contributed by atoms with Crippen LogP contribution in [0.4, 0.5) is 0 Å². The third-order valence-electron chi connectivity index (χ3n) is 3.41. The Balaban J connectivity index is 0.00000121. The molecule has 0 radical (unpaired) electrons. The van der Waals surface area contributed by atoms with Crippen LogP contribution < -0.4 is 5.73 Å². The minimum Gasteiger partial charge on any atom is -0.337 e. The standard InChI is InChI=1S/C13H14ClN3OS2.2ClH/c14-11-2-1-10(20-11)12-16-9(7-19-12)13(18)17-4-3-8(5-15)6-17;;/h1-2,7-8H,3-6,15H2;2*1H. The average Bonchev–Trinajstić information content (AvgIpc) is 3.17. The van der Waals surface area contributed by atoms with Crippen LogP contribution in [0.1, 0.15) is 16.9 Å². The number of rotatable bonds is 3. The summed E-state index contributed by atoms with van der Waals surface area (Å²) < 4.78 is 0.730. The van der Waals surface area contributed by atoms with E-state index in [1.54, 1.807) is 0 Å². The summed E-state index contributed by atoms with van der Waals surface area (Å²) >= 11 is 8.88. The Labute approximate surface area is 154 Å². The summed E-state index contributed by atoms with van der Waals surface area (Å²) in [7, 11) is 0. The molecule has 4 nitrogen and oxygen atoms in total. The second-order valence-corrected chi connectivity index (χ2v) is 7.36. The number of halogens is 3. The monoisotopic (exact) mass is 399 g/mol. The molecule has 1 aliphatic heterocycles. The van der Waals surface area contributed by atoms with Gasteiger partial charge in [-0.15, -0.1) is 47.5 Å². The van der Waals surface area contributed by atoms with E-state index in [-0.39, 0.29) is 30.7 Å². The lowest BCUT2D eigenvalue weighted by Gasteiger charge is -2.14. The number of hydrogen-bond donors (Lipinski definition) is 1. The van der Waals surface area contributed by atoms with Crippen molar-refractivity contribution in [3.05, 3.63) is 27.5 Å². The van der Waals surface area contributed by atoms with Gasteiger partial charge in [0, 0.05) is 18.5 Å². The molecule has 0 aromatic carbocycles. The number of thiazole rings is 1. The Kier molecular flexibility index (Phi) is 7.58. The zero-order valence-corrected chi connectivity index (χ0v) is 15.6. The first kappa shape index (κ1) is 19.7. The molecule has 1 aliphatic rings. The van der Waals surface area contributed by atoms with Gasteiger partial charge < -0.3 is 10.6 Å². The van der Waals surface area contributed by atoms with Gasteiger partial charge in [0.1, 0.15) is 10.7 Å². The van der Waals surface area contributed by atoms with Gasteiger partial charge in [-0.25, -0.2) is 4.98 Å². The van der Waals surface area contributed by atoms with Gasteiger partial charge in [0.25, 0.3) is 5.91 Å². The maximum atomic E-state index is 12.4. The molecule has 0 spiro atoms. The number of carbonyl (C=O) groups is 1. The molecule has 2 aromatic rings. The molecule has 0 saturated carbocycles. The third kappa shape index (κ3) is 4.13. The number of nitrogens with two attached hydrogens (primary N) is 1. The summed E-state index contributed by atoms with van der Waals surface area (Å²) in [6.45, 7) is 2.16. The fourth-order valence-corrected chi connectivity index (χ4v) is 4.19. The number of likely N-dealkylation sites (tertiary alicyclic amines) is 1. The normalized spacial score (nSPS) is 17.0. The van der Waals surface area contributed by atoms with E-state index in [9.17, 15) is 4.79 Å².